The Kier molecular flexibility index (Phi) is 4.98. The molecule has 16 heavy (non-hydrogen) atoms. The van der Waals surface area contributed by atoms with Crippen molar-refractivity contribution in [1.82, 2.24) is 9.97 Å². The highest BCUT2D eigenvalue weighted by atomic mass is 35.5. The van der Waals surface area contributed by atoms with Crippen molar-refractivity contribution >= 4 is 23.3 Å². The molecule has 1 amide bonds. The number of hydrogen-bond donors (Lipinski definition) is 2. The van der Waals surface area contributed by atoms with Crippen LogP contribution in [0, 0.1) is 0 Å². The smallest absolute Gasteiger partial charge is 0.219 e. The molecular weight excluding hydrogens is 228 g/mol. The van der Waals surface area contributed by atoms with Gasteiger partial charge in [0.2, 0.25) is 5.91 Å². The van der Waals surface area contributed by atoms with Crippen LogP contribution in [-0.2, 0) is 11.2 Å². The number of rotatable bonds is 6. The van der Waals surface area contributed by atoms with Crippen molar-refractivity contribution in [2.75, 3.05) is 11.9 Å². The van der Waals surface area contributed by atoms with Crippen LogP contribution in [0.5, 0.6) is 0 Å². The first-order valence-corrected chi connectivity index (χ1v) is 5.55. The molecule has 0 aliphatic carbocycles. The zero-order chi connectivity index (χ0) is 12.0. The molecule has 3 N–H and O–H groups in total. The van der Waals surface area contributed by atoms with E-state index < -0.39 is 0 Å². The Morgan fingerprint density at radius 3 is 2.94 bits per heavy atom. The molecule has 0 saturated carbocycles. The largest absolute Gasteiger partial charge is 0.370 e. The fourth-order valence-electron chi connectivity index (χ4n) is 1.20. The summed E-state index contributed by atoms with van der Waals surface area (Å²) < 4.78 is 0. The molecule has 0 aromatic carbocycles. The molecule has 1 aromatic heterocycles. The van der Waals surface area contributed by atoms with E-state index in [9.17, 15) is 4.79 Å². The normalized spacial score (nSPS) is 10.1. The van der Waals surface area contributed by atoms with Crippen molar-refractivity contribution < 1.29 is 4.79 Å². The second-order valence-electron chi connectivity index (χ2n) is 3.39. The molecule has 0 radical (unpaired) electrons. The highest BCUT2D eigenvalue weighted by molar-refractivity contribution is 6.29. The first-order valence-electron chi connectivity index (χ1n) is 5.17. The van der Waals surface area contributed by atoms with Gasteiger partial charge in [-0.05, 0) is 6.42 Å². The molecule has 0 unspecified atom stereocenters. The summed E-state index contributed by atoms with van der Waals surface area (Å²) >= 11 is 5.84. The third-order valence-electron chi connectivity index (χ3n) is 1.89. The molecule has 0 aliphatic heterocycles. The van der Waals surface area contributed by atoms with Crippen LogP contribution in [0.2, 0.25) is 5.15 Å². The summed E-state index contributed by atoms with van der Waals surface area (Å²) in [5.41, 5.74) is 5.03. The lowest BCUT2D eigenvalue weighted by Crippen LogP contribution is -2.16. The van der Waals surface area contributed by atoms with E-state index in [1.807, 2.05) is 6.92 Å². The van der Waals surface area contributed by atoms with E-state index in [1.165, 1.54) is 0 Å². The summed E-state index contributed by atoms with van der Waals surface area (Å²) in [7, 11) is 0. The summed E-state index contributed by atoms with van der Waals surface area (Å²) in [6.45, 7) is 2.50. The zero-order valence-electron chi connectivity index (χ0n) is 9.16. The number of carbonyl (C=O) groups excluding carboxylic acids is 1. The van der Waals surface area contributed by atoms with Crippen molar-refractivity contribution in [1.29, 1.82) is 0 Å². The number of nitrogens with zero attached hydrogens (tertiary/aromatic N) is 2. The number of primary amides is 1. The number of amides is 1. The van der Waals surface area contributed by atoms with Crippen LogP contribution in [0.4, 0.5) is 5.82 Å². The third-order valence-corrected chi connectivity index (χ3v) is 2.09. The second kappa shape index (κ2) is 6.27. The van der Waals surface area contributed by atoms with E-state index in [-0.39, 0.29) is 12.3 Å². The topological polar surface area (TPSA) is 80.9 Å². The lowest BCUT2D eigenvalue weighted by atomic mass is 10.3. The minimum atomic E-state index is -0.346. The van der Waals surface area contributed by atoms with Crippen LogP contribution in [0.25, 0.3) is 0 Å². The quantitative estimate of drug-likeness (QED) is 0.739. The van der Waals surface area contributed by atoms with E-state index in [4.69, 9.17) is 17.3 Å². The van der Waals surface area contributed by atoms with Crippen LogP contribution in [0.15, 0.2) is 6.07 Å². The molecule has 1 rings (SSSR count). The van der Waals surface area contributed by atoms with Gasteiger partial charge in [0.15, 0.2) is 0 Å². The highest BCUT2D eigenvalue weighted by Gasteiger charge is 2.02. The van der Waals surface area contributed by atoms with Crippen LogP contribution in [-0.4, -0.2) is 22.4 Å². The van der Waals surface area contributed by atoms with Crippen LogP contribution < -0.4 is 11.1 Å². The number of carbonyl (C=O) groups is 1. The minimum absolute atomic E-state index is 0.269. The van der Waals surface area contributed by atoms with Crippen LogP contribution in [0.3, 0.4) is 0 Å². The molecule has 0 atom stereocenters. The lowest BCUT2D eigenvalue weighted by Gasteiger charge is -2.06. The number of nitrogens with one attached hydrogen (secondary N) is 1. The van der Waals surface area contributed by atoms with Crippen molar-refractivity contribution in [2.24, 2.45) is 5.73 Å². The van der Waals surface area contributed by atoms with Crippen molar-refractivity contribution in [3.63, 3.8) is 0 Å². The Bertz CT molecular complexity index is 370. The zero-order valence-corrected chi connectivity index (χ0v) is 9.92. The van der Waals surface area contributed by atoms with Crippen LogP contribution in [0.1, 0.15) is 25.6 Å². The fraction of sp³-hybridized carbons (Fsp3) is 0.500. The van der Waals surface area contributed by atoms with Crippen LogP contribution >= 0.6 is 11.6 Å². The van der Waals surface area contributed by atoms with E-state index in [0.717, 1.165) is 12.8 Å². The van der Waals surface area contributed by atoms with Gasteiger partial charge < -0.3 is 11.1 Å². The summed E-state index contributed by atoms with van der Waals surface area (Å²) in [4.78, 5) is 18.9. The number of nitrogens with two attached hydrogens (primary N) is 1. The van der Waals surface area contributed by atoms with Gasteiger partial charge in [-0.15, -0.1) is 0 Å². The Morgan fingerprint density at radius 2 is 2.31 bits per heavy atom. The second-order valence-corrected chi connectivity index (χ2v) is 3.77. The van der Waals surface area contributed by atoms with Crippen molar-refractivity contribution in [3.8, 4) is 0 Å². The first-order chi connectivity index (χ1) is 7.61. The maximum absolute atomic E-state index is 10.5. The molecule has 6 heteroatoms. The van der Waals surface area contributed by atoms with Gasteiger partial charge in [0.1, 0.15) is 16.8 Å². The van der Waals surface area contributed by atoms with Gasteiger partial charge in [-0.1, -0.05) is 18.5 Å². The standard InChI is InChI=1S/C10H15ClN4O/c1-2-3-9-14-7(11)6-10(15-9)13-5-4-8(12)16/h6H,2-5H2,1H3,(H2,12,16)(H,13,14,15). The van der Waals surface area contributed by atoms with Gasteiger partial charge in [-0.25, -0.2) is 9.97 Å². The molecule has 1 aromatic rings. The maximum atomic E-state index is 10.5. The summed E-state index contributed by atoms with van der Waals surface area (Å²) in [6, 6.07) is 1.63. The predicted molar refractivity (Wildman–Crippen MR) is 63.3 cm³/mol. The average molecular weight is 243 g/mol. The highest BCUT2D eigenvalue weighted by Crippen LogP contribution is 2.12. The van der Waals surface area contributed by atoms with Gasteiger partial charge in [-0.3, -0.25) is 4.79 Å². The van der Waals surface area contributed by atoms with Crippen molar-refractivity contribution in [3.05, 3.63) is 17.0 Å². The summed E-state index contributed by atoms with van der Waals surface area (Å²) in [5.74, 6) is 0.989. The Hall–Kier alpha value is -1.36. The van der Waals surface area contributed by atoms with Crippen molar-refractivity contribution in [2.45, 2.75) is 26.2 Å². The van der Waals surface area contributed by atoms with Gasteiger partial charge in [-0.2, -0.15) is 0 Å². The molecule has 1 heterocycles. The number of aryl methyl sites for hydroxylation is 1. The van der Waals surface area contributed by atoms with E-state index in [1.54, 1.807) is 6.07 Å². The molecule has 0 aliphatic rings. The average Bonchev–Trinajstić information content (AvgIpc) is 2.16. The molecule has 0 fully saturated rings. The molecule has 88 valence electrons. The van der Waals surface area contributed by atoms with E-state index in [2.05, 4.69) is 15.3 Å². The number of halogens is 1. The van der Waals surface area contributed by atoms with Gasteiger partial charge in [0.25, 0.3) is 0 Å². The monoisotopic (exact) mass is 242 g/mol. The summed E-state index contributed by atoms with van der Waals surface area (Å²) in [5, 5.41) is 3.38. The lowest BCUT2D eigenvalue weighted by molar-refractivity contribution is -0.117. The number of anilines is 1. The Morgan fingerprint density at radius 1 is 1.56 bits per heavy atom. The predicted octanol–water partition coefficient (Wildman–Crippen LogP) is 1.37. The molecule has 0 saturated heterocycles. The SMILES string of the molecule is CCCc1nc(Cl)cc(NCCC(N)=O)n1. The van der Waals surface area contributed by atoms with Gasteiger partial charge in [0.05, 0.1) is 0 Å². The molecular formula is C10H15ClN4O. The minimum Gasteiger partial charge on any atom is -0.370 e. The third kappa shape index (κ3) is 4.44. The Balaban J connectivity index is 2.61. The Labute approximate surface area is 99.4 Å². The first kappa shape index (κ1) is 12.7. The fourth-order valence-corrected chi connectivity index (χ4v) is 1.41. The number of aromatic nitrogens is 2. The summed E-state index contributed by atoms with van der Waals surface area (Å²) in [6.07, 6.45) is 2.01. The number of hydrogen-bond acceptors (Lipinski definition) is 4. The van der Waals surface area contributed by atoms with E-state index in [0.29, 0.717) is 23.3 Å². The van der Waals surface area contributed by atoms with Gasteiger partial charge >= 0.3 is 0 Å². The maximum Gasteiger partial charge on any atom is 0.219 e. The van der Waals surface area contributed by atoms with E-state index >= 15 is 0 Å². The molecule has 5 nitrogen and oxygen atoms in total. The van der Waals surface area contributed by atoms with Gasteiger partial charge in [0, 0.05) is 25.5 Å². The molecule has 0 spiro atoms. The molecule has 0 bridgehead atoms.